The lowest BCUT2D eigenvalue weighted by molar-refractivity contribution is 0.462. The number of alkyl halides is 2. The first-order chi connectivity index (χ1) is 7.32. The van der Waals surface area contributed by atoms with Crippen molar-refractivity contribution in [1.82, 2.24) is 0 Å². The van der Waals surface area contributed by atoms with Crippen LogP contribution in [-0.4, -0.2) is 26.7 Å². The zero-order valence-corrected chi connectivity index (χ0v) is 13.6. The van der Waals surface area contributed by atoms with Crippen molar-refractivity contribution in [2.24, 2.45) is 4.99 Å². The Bertz CT molecular complexity index is 414. The van der Waals surface area contributed by atoms with Gasteiger partial charge in [0.2, 0.25) is 9.84 Å². The van der Waals surface area contributed by atoms with Crippen LogP contribution in [0.25, 0.3) is 0 Å². The molecule has 1 saturated carbocycles. The van der Waals surface area contributed by atoms with E-state index in [0.717, 1.165) is 12.8 Å². The maximum atomic E-state index is 12.2. The molecule has 0 radical (unpaired) electrons. The lowest BCUT2D eigenvalue weighted by Gasteiger charge is -2.21. The molecule has 0 spiro atoms. The number of aliphatic imine (C=N–C) groups is 1. The van der Waals surface area contributed by atoms with Crippen LogP contribution in [0.2, 0.25) is 0 Å². The Balaban J connectivity index is 2.25. The summed E-state index contributed by atoms with van der Waals surface area (Å²) in [5, 5.41) is 0.376. The van der Waals surface area contributed by atoms with Crippen LogP contribution >= 0.6 is 43.6 Å². The fourth-order valence-corrected chi connectivity index (χ4v) is 6.56. The molecule has 0 bridgehead atoms. The van der Waals surface area contributed by atoms with Crippen molar-refractivity contribution in [2.75, 3.05) is 0 Å². The molecule has 7 heteroatoms. The van der Waals surface area contributed by atoms with Crippen molar-refractivity contribution < 1.29 is 8.42 Å². The van der Waals surface area contributed by atoms with E-state index in [1.165, 1.54) is 24.6 Å². The topological polar surface area (TPSA) is 46.5 Å². The Morgan fingerprint density at radius 3 is 2.56 bits per heavy atom. The number of halogens is 2. The summed E-state index contributed by atoms with van der Waals surface area (Å²) in [5.74, 6) is 0. The van der Waals surface area contributed by atoms with E-state index in [2.05, 4.69) is 36.9 Å². The molecule has 0 aromatic rings. The Labute approximate surface area is 117 Å². The van der Waals surface area contributed by atoms with Gasteiger partial charge in [0.1, 0.15) is 0 Å². The second-order valence-electron chi connectivity index (χ2n) is 4.21. The minimum Gasteiger partial charge on any atom is -0.263 e. The summed E-state index contributed by atoms with van der Waals surface area (Å²) in [4.78, 5) is 4.38. The third-order valence-electron chi connectivity index (χ3n) is 2.89. The summed E-state index contributed by atoms with van der Waals surface area (Å²) in [7, 11) is -3.39. The number of hydrogen-bond donors (Lipinski definition) is 0. The molecule has 1 aliphatic carbocycles. The Hall–Kier alpha value is 0.930. The quantitative estimate of drug-likeness (QED) is 0.645. The highest BCUT2D eigenvalue weighted by Crippen LogP contribution is 2.43. The fraction of sp³-hybridized carbons (Fsp3) is 0.889. The van der Waals surface area contributed by atoms with Crippen LogP contribution in [0.5, 0.6) is 0 Å². The van der Waals surface area contributed by atoms with Crippen molar-refractivity contribution >= 4 is 57.8 Å². The van der Waals surface area contributed by atoms with Gasteiger partial charge in [0.05, 0.1) is 6.04 Å². The van der Waals surface area contributed by atoms with Gasteiger partial charge in [-0.2, -0.15) is 0 Å². The average molecular weight is 391 g/mol. The van der Waals surface area contributed by atoms with E-state index in [0.29, 0.717) is 9.63 Å². The smallest absolute Gasteiger partial charge is 0.226 e. The van der Waals surface area contributed by atoms with Gasteiger partial charge in [0, 0.05) is 5.25 Å². The van der Waals surface area contributed by atoms with E-state index in [4.69, 9.17) is 0 Å². The van der Waals surface area contributed by atoms with Crippen LogP contribution in [0.1, 0.15) is 32.6 Å². The van der Waals surface area contributed by atoms with Crippen LogP contribution < -0.4 is 0 Å². The summed E-state index contributed by atoms with van der Waals surface area (Å²) < 4.78 is 23.5. The molecular formula is C9H13Br2NO2S2. The van der Waals surface area contributed by atoms with Gasteiger partial charge in [-0.25, -0.2) is 8.42 Å². The van der Waals surface area contributed by atoms with E-state index < -0.39 is 12.4 Å². The van der Waals surface area contributed by atoms with E-state index in [-0.39, 0.29) is 6.04 Å². The van der Waals surface area contributed by atoms with Gasteiger partial charge in [-0.3, -0.25) is 4.99 Å². The molecule has 16 heavy (non-hydrogen) atoms. The molecule has 2 unspecified atom stereocenters. The zero-order chi connectivity index (χ0) is 12.0. The molecule has 2 aliphatic rings. The largest absolute Gasteiger partial charge is 0.263 e. The average Bonchev–Trinajstić information content (AvgIpc) is 2.59. The van der Waals surface area contributed by atoms with Gasteiger partial charge in [-0.15, -0.1) is 0 Å². The lowest BCUT2D eigenvalue weighted by atomic mass is 9.96. The number of fused-ring (bicyclic) bond motifs is 1. The highest BCUT2D eigenvalue weighted by Gasteiger charge is 2.44. The second-order valence-corrected chi connectivity index (χ2v) is 13.2. The van der Waals surface area contributed by atoms with Crippen LogP contribution in [0.3, 0.4) is 0 Å². The monoisotopic (exact) mass is 389 g/mol. The molecule has 1 aliphatic heterocycles. The first kappa shape index (κ1) is 13.4. The van der Waals surface area contributed by atoms with E-state index >= 15 is 0 Å². The van der Waals surface area contributed by atoms with Crippen LogP contribution in [0, 0.1) is 0 Å². The van der Waals surface area contributed by atoms with Gasteiger partial charge in [0.25, 0.3) is 0 Å². The summed E-state index contributed by atoms with van der Waals surface area (Å²) in [6, 6.07) is 0.214. The van der Waals surface area contributed by atoms with Crippen LogP contribution in [0.4, 0.5) is 0 Å². The fourth-order valence-electron chi connectivity index (χ4n) is 1.94. The molecule has 2 atom stereocenters. The van der Waals surface area contributed by atoms with E-state index in [1.807, 2.05) is 0 Å². The SMILES string of the molecule is CC(Br)(Br)S(=O)(=O)C1=NC2CCCCC2S1. The standard InChI is InChI=1S/C9H13Br2NO2S2/c1-9(10,11)16(13,14)8-12-6-4-2-3-5-7(6)15-8/h6-7H,2-5H2,1H3. The third-order valence-corrected chi connectivity index (χ3v) is 9.07. The Kier molecular flexibility index (Phi) is 3.80. The molecule has 1 heterocycles. The van der Waals surface area contributed by atoms with Crippen molar-refractivity contribution in [3.05, 3.63) is 0 Å². The van der Waals surface area contributed by atoms with Crippen molar-refractivity contribution in [2.45, 2.75) is 46.5 Å². The number of rotatable bonds is 1. The minimum absolute atomic E-state index is 0.214. The molecule has 0 N–H and O–H groups in total. The predicted octanol–water partition coefficient (Wildman–Crippen LogP) is 3.28. The van der Waals surface area contributed by atoms with E-state index in [9.17, 15) is 8.42 Å². The first-order valence-electron chi connectivity index (χ1n) is 5.19. The van der Waals surface area contributed by atoms with Crippen molar-refractivity contribution in [1.29, 1.82) is 0 Å². The van der Waals surface area contributed by atoms with Gasteiger partial charge < -0.3 is 0 Å². The maximum Gasteiger partial charge on any atom is 0.226 e. The minimum atomic E-state index is -3.39. The highest BCUT2D eigenvalue weighted by molar-refractivity contribution is 9.28. The molecule has 2 rings (SSSR count). The zero-order valence-electron chi connectivity index (χ0n) is 8.82. The first-order valence-corrected chi connectivity index (χ1v) is 9.14. The third kappa shape index (κ3) is 2.37. The Morgan fingerprint density at radius 2 is 2.00 bits per heavy atom. The molecule has 92 valence electrons. The summed E-state index contributed by atoms with van der Waals surface area (Å²) in [6.45, 7) is 1.58. The van der Waals surface area contributed by atoms with Gasteiger partial charge in [-0.05, 0) is 19.8 Å². The lowest BCUT2D eigenvalue weighted by Crippen LogP contribution is -2.26. The van der Waals surface area contributed by atoms with Gasteiger partial charge in [0.15, 0.2) is 6.94 Å². The molecule has 0 aromatic carbocycles. The van der Waals surface area contributed by atoms with E-state index in [1.54, 1.807) is 6.92 Å². The molecule has 3 nitrogen and oxygen atoms in total. The van der Waals surface area contributed by atoms with Crippen LogP contribution in [-0.2, 0) is 9.84 Å². The number of hydrogen-bond acceptors (Lipinski definition) is 4. The van der Waals surface area contributed by atoms with Crippen molar-refractivity contribution in [3.8, 4) is 0 Å². The maximum absolute atomic E-state index is 12.2. The number of sulfone groups is 1. The predicted molar refractivity (Wildman–Crippen MR) is 76.2 cm³/mol. The molecule has 0 amide bonds. The number of nitrogens with zero attached hydrogens (tertiary/aromatic N) is 1. The molecule has 1 fully saturated rings. The summed E-state index contributed by atoms with van der Waals surface area (Å²) in [6.07, 6.45) is 4.46. The summed E-state index contributed by atoms with van der Waals surface area (Å²) >= 11 is 7.72. The van der Waals surface area contributed by atoms with Gasteiger partial charge in [-0.1, -0.05) is 56.5 Å². The highest BCUT2D eigenvalue weighted by atomic mass is 79.9. The normalized spacial score (nSPS) is 31.1. The van der Waals surface area contributed by atoms with Crippen molar-refractivity contribution in [3.63, 3.8) is 0 Å². The van der Waals surface area contributed by atoms with Gasteiger partial charge >= 0.3 is 0 Å². The molecule has 0 saturated heterocycles. The number of thioether (sulfide) groups is 1. The summed E-state index contributed by atoms with van der Waals surface area (Å²) in [5.41, 5.74) is 0. The molecular weight excluding hydrogens is 378 g/mol. The van der Waals surface area contributed by atoms with Crippen LogP contribution in [0.15, 0.2) is 4.99 Å². The Morgan fingerprint density at radius 1 is 1.38 bits per heavy atom. The molecule has 0 aromatic heterocycles. The second kappa shape index (κ2) is 4.55.